The molecule has 1 aliphatic carbocycles. The van der Waals surface area contributed by atoms with Crippen LogP contribution >= 0.6 is 11.6 Å². The van der Waals surface area contributed by atoms with Crippen LogP contribution in [0.3, 0.4) is 0 Å². The number of benzene rings is 1. The van der Waals surface area contributed by atoms with Crippen LogP contribution in [0.15, 0.2) is 24.3 Å². The van der Waals surface area contributed by atoms with E-state index >= 15 is 0 Å². The fourth-order valence-corrected chi connectivity index (χ4v) is 3.91. The molecule has 0 radical (unpaired) electrons. The summed E-state index contributed by atoms with van der Waals surface area (Å²) in [5.74, 6) is -0.180. The molecule has 1 heterocycles. The van der Waals surface area contributed by atoms with Gasteiger partial charge in [-0.3, -0.25) is 4.90 Å². The third-order valence-corrected chi connectivity index (χ3v) is 5.14. The van der Waals surface area contributed by atoms with E-state index in [0.717, 1.165) is 38.0 Å². The maximum absolute atomic E-state index is 11.8. The van der Waals surface area contributed by atoms with Crippen molar-refractivity contribution < 1.29 is 33.5 Å². The van der Waals surface area contributed by atoms with Gasteiger partial charge in [-0.2, -0.15) is 0 Å². The van der Waals surface area contributed by atoms with Gasteiger partial charge in [-0.1, -0.05) is 36.9 Å². The molecule has 1 saturated carbocycles. The van der Waals surface area contributed by atoms with Crippen molar-refractivity contribution in [2.75, 3.05) is 13.1 Å². The summed E-state index contributed by atoms with van der Waals surface area (Å²) in [4.78, 5) is 13.8. The van der Waals surface area contributed by atoms with Gasteiger partial charge in [-0.25, -0.2) is 0 Å². The minimum Gasteiger partial charge on any atom is -0.548 e. The average Bonchev–Trinajstić information content (AvgIpc) is 2.97. The van der Waals surface area contributed by atoms with E-state index in [2.05, 4.69) is 4.90 Å². The number of carboxylic acid groups (broad SMARTS) is 1. The largest absolute Gasteiger partial charge is 1.00 e. The first-order valence-corrected chi connectivity index (χ1v) is 8.37. The van der Waals surface area contributed by atoms with E-state index in [9.17, 15) is 9.90 Å². The van der Waals surface area contributed by atoms with Gasteiger partial charge in [-0.05, 0) is 37.5 Å². The number of carboxylic acids is 1. The van der Waals surface area contributed by atoms with Crippen molar-refractivity contribution in [3.63, 3.8) is 0 Å². The normalized spacial score (nSPS) is 24.0. The molecule has 1 aromatic rings. The molecule has 120 valence electrons. The van der Waals surface area contributed by atoms with E-state index in [0.29, 0.717) is 24.4 Å². The molecule has 0 N–H and O–H groups in total. The molecule has 23 heavy (non-hydrogen) atoms. The molecule has 0 amide bonds. The number of carbonyl (C=O) groups is 1. The van der Waals surface area contributed by atoms with Gasteiger partial charge in [0.25, 0.3) is 0 Å². The maximum atomic E-state index is 11.8. The molecule has 0 bridgehead atoms. The molecule has 0 aromatic heterocycles. The first-order valence-electron chi connectivity index (χ1n) is 7.99. The Labute approximate surface area is 154 Å². The summed E-state index contributed by atoms with van der Waals surface area (Å²) >= 11 is 5.97. The topological polar surface area (TPSA) is 52.6 Å². The van der Waals surface area contributed by atoms with Crippen LogP contribution < -0.4 is 28.7 Å². The Hall–Kier alpha value is -0.663. The number of likely N-dealkylation sites (tertiary alicyclic amines) is 1. The smallest absolute Gasteiger partial charge is 0.548 e. The summed E-state index contributed by atoms with van der Waals surface area (Å²) in [5, 5.41) is 12.4. The number of hydrogen-bond acceptors (Lipinski definition) is 4. The van der Waals surface area contributed by atoms with Crippen LogP contribution in [-0.2, 0) is 4.79 Å². The summed E-state index contributed by atoms with van der Waals surface area (Å²) in [6, 6.07) is 7.33. The van der Waals surface area contributed by atoms with Gasteiger partial charge in [0.2, 0.25) is 0 Å². The standard InChI is InChI=1S/C17H22ClNO3.Li/c18-13-5-4-6-14(11-13)22-15-7-10-19(12-15)17(16(20)21)8-2-1-3-9-17;/h4-6,11,15H,1-3,7-10,12H2,(H,20,21);/q;+1/p-1/t15-;/m1./s1. The number of aliphatic carboxylic acids is 1. The molecular formula is C17H21ClLiNO3. The Morgan fingerprint density at radius 3 is 2.70 bits per heavy atom. The zero-order valence-electron chi connectivity index (χ0n) is 13.6. The van der Waals surface area contributed by atoms with Crippen LogP contribution in [0.5, 0.6) is 5.75 Å². The quantitative estimate of drug-likeness (QED) is 0.682. The third kappa shape index (κ3) is 4.06. The molecule has 4 nitrogen and oxygen atoms in total. The van der Waals surface area contributed by atoms with Gasteiger partial charge in [-0.15, -0.1) is 0 Å². The van der Waals surface area contributed by atoms with Crippen LogP contribution in [0.4, 0.5) is 0 Å². The van der Waals surface area contributed by atoms with Crippen molar-refractivity contribution in [3.8, 4) is 5.75 Å². The summed E-state index contributed by atoms with van der Waals surface area (Å²) in [6.07, 6.45) is 5.27. The van der Waals surface area contributed by atoms with Crippen molar-refractivity contribution in [2.24, 2.45) is 0 Å². The second-order valence-electron chi connectivity index (χ2n) is 6.31. The minimum atomic E-state index is -0.921. The SMILES string of the molecule is O=C([O-])C1(N2CC[C@@H](Oc3cccc(Cl)c3)C2)CCCCC1.[Li+]. The second kappa shape index (κ2) is 7.94. The Bertz CT molecular complexity index is 548. The zero-order chi connectivity index (χ0) is 15.6. The average molecular weight is 330 g/mol. The number of halogens is 1. The molecular weight excluding hydrogens is 309 g/mol. The predicted octanol–water partition coefficient (Wildman–Crippen LogP) is -0.750. The van der Waals surface area contributed by atoms with E-state index in [4.69, 9.17) is 16.3 Å². The molecule has 6 heteroatoms. The van der Waals surface area contributed by atoms with Crippen LogP contribution in [0, 0.1) is 0 Å². The third-order valence-electron chi connectivity index (χ3n) is 4.91. The number of nitrogens with zero attached hydrogens (tertiary/aromatic N) is 1. The van der Waals surface area contributed by atoms with E-state index < -0.39 is 11.5 Å². The van der Waals surface area contributed by atoms with Crippen molar-refractivity contribution >= 4 is 17.6 Å². The van der Waals surface area contributed by atoms with Crippen molar-refractivity contribution in [3.05, 3.63) is 29.3 Å². The molecule has 2 fully saturated rings. The van der Waals surface area contributed by atoms with Crippen LogP contribution in [0.25, 0.3) is 0 Å². The van der Waals surface area contributed by atoms with Gasteiger partial charge < -0.3 is 14.6 Å². The van der Waals surface area contributed by atoms with Crippen LogP contribution in [-0.4, -0.2) is 35.6 Å². The summed E-state index contributed by atoms with van der Waals surface area (Å²) in [7, 11) is 0. The zero-order valence-corrected chi connectivity index (χ0v) is 14.3. The van der Waals surface area contributed by atoms with Crippen molar-refractivity contribution in [2.45, 2.75) is 50.2 Å². The molecule has 1 atom stereocenters. The Morgan fingerprint density at radius 1 is 1.30 bits per heavy atom. The second-order valence-corrected chi connectivity index (χ2v) is 6.75. The maximum Gasteiger partial charge on any atom is 1.00 e. The van der Waals surface area contributed by atoms with Gasteiger partial charge >= 0.3 is 18.9 Å². The van der Waals surface area contributed by atoms with Gasteiger partial charge in [0.15, 0.2) is 0 Å². The Kier molecular flexibility index (Phi) is 6.45. The summed E-state index contributed by atoms with van der Waals surface area (Å²) < 4.78 is 5.96. The molecule has 0 spiro atoms. The molecule has 1 aliphatic heterocycles. The van der Waals surface area contributed by atoms with Gasteiger partial charge in [0.1, 0.15) is 11.9 Å². The molecule has 2 aliphatic rings. The number of hydrogen-bond donors (Lipinski definition) is 0. The summed E-state index contributed by atoms with van der Waals surface area (Å²) in [6.45, 7) is 1.39. The predicted molar refractivity (Wildman–Crippen MR) is 82.9 cm³/mol. The fraction of sp³-hybridized carbons (Fsp3) is 0.588. The van der Waals surface area contributed by atoms with Crippen LogP contribution in [0.1, 0.15) is 38.5 Å². The van der Waals surface area contributed by atoms with Gasteiger partial charge in [0, 0.05) is 18.1 Å². The molecule has 1 aromatic carbocycles. The van der Waals surface area contributed by atoms with E-state index in [1.807, 2.05) is 18.2 Å². The van der Waals surface area contributed by atoms with Crippen molar-refractivity contribution in [1.82, 2.24) is 4.90 Å². The van der Waals surface area contributed by atoms with E-state index in [1.54, 1.807) is 6.07 Å². The molecule has 3 rings (SSSR count). The molecule has 0 unspecified atom stereocenters. The van der Waals surface area contributed by atoms with Gasteiger partial charge in [0.05, 0.1) is 11.5 Å². The number of rotatable bonds is 4. The molecule has 1 saturated heterocycles. The Balaban J connectivity index is 0.00000192. The van der Waals surface area contributed by atoms with E-state index in [-0.39, 0.29) is 25.0 Å². The summed E-state index contributed by atoms with van der Waals surface area (Å²) in [5.41, 5.74) is -0.787. The van der Waals surface area contributed by atoms with E-state index in [1.165, 1.54) is 0 Å². The van der Waals surface area contributed by atoms with Crippen LogP contribution in [0.2, 0.25) is 5.02 Å². The fourth-order valence-electron chi connectivity index (χ4n) is 3.73. The number of ether oxygens (including phenoxy) is 1. The first-order chi connectivity index (χ1) is 10.6. The minimum absolute atomic E-state index is 0. The number of carbonyl (C=O) groups excluding carboxylic acids is 1. The first kappa shape index (κ1) is 18.7. The monoisotopic (exact) mass is 329 g/mol. The Morgan fingerprint density at radius 2 is 2.04 bits per heavy atom. The van der Waals surface area contributed by atoms with Crippen molar-refractivity contribution in [1.29, 1.82) is 0 Å².